The first kappa shape index (κ1) is 38.1. The molecule has 0 saturated carbocycles. The number of halogens is 2. The Balaban J connectivity index is 0.00000722. The van der Waals surface area contributed by atoms with Crippen LogP contribution in [0.3, 0.4) is 0 Å². The van der Waals surface area contributed by atoms with Gasteiger partial charge in [0.1, 0.15) is 0 Å². The van der Waals surface area contributed by atoms with E-state index in [0.29, 0.717) is 0 Å². The summed E-state index contributed by atoms with van der Waals surface area (Å²) in [5, 5.41) is 0. The Hall–Kier alpha value is -0.897. The van der Waals surface area contributed by atoms with Crippen molar-refractivity contribution >= 4 is 11.4 Å². The van der Waals surface area contributed by atoms with E-state index in [2.05, 4.69) is 145 Å². The van der Waals surface area contributed by atoms with E-state index in [4.69, 9.17) is 5.63 Å². The van der Waals surface area contributed by atoms with Crippen molar-refractivity contribution in [2.75, 3.05) is 38.0 Å². The monoisotopic (exact) mass is 656 g/mol. The van der Waals surface area contributed by atoms with Gasteiger partial charge in [0.05, 0.1) is 0 Å². The van der Waals surface area contributed by atoms with E-state index in [-0.39, 0.29) is 46.5 Å². The smallest absolute Gasteiger partial charge is 1.00 e. The molecule has 0 heterocycles. The molecule has 220 valence electrons. The van der Waals surface area contributed by atoms with Gasteiger partial charge in [-0.25, -0.2) is 0 Å². The van der Waals surface area contributed by atoms with Crippen LogP contribution in [0.4, 0.5) is 11.4 Å². The maximum atomic E-state index is 6.72. The molecule has 0 bridgehead atoms. The normalized spacial score (nSPS) is 12.1. The van der Waals surface area contributed by atoms with Gasteiger partial charge in [-0.1, -0.05) is 0 Å². The molecule has 2 aromatic rings. The molecule has 0 unspecified atom stereocenters. The van der Waals surface area contributed by atoms with Crippen molar-refractivity contribution in [2.45, 2.75) is 105 Å². The quantitative estimate of drug-likeness (QED) is 0.477. The van der Waals surface area contributed by atoms with Crippen molar-refractivity contribution in [1.82, 2.24) is 0 Å². The minimum Gasteiger partial charge on any atom is -1.00 e. The molecule has 0 aliphatic carbocycles. The van der Waals surface area contributed by atoms with Gasteiger partial charge in [-0.05, 0) is 0 Å². The standard InChI is InChI=1S/2C16H27NO.2ClH.Zr/c2*1-15(2,3)11-9-12(16(4,5)6)14(18)13(10-11)17(7)8;;;/h2*9-10,18H,1-8H3;2*1H;/q;;;;+4/p-4. The van der Waals surface area contributed by atoms with Gasteiger partial charge in [0.2, 0.25) is 0 Å². The zero-order valence-corrected chi connectivity index (χ0v) is 31.2. The first-order chi connectivity index (χ1) is 16.5. The van der Waals surface area contributed by atoms with E-state index < -0.39 is 24.1 Å². The summed E-state index contributed by atoms with van der Waals surface area (Å²) in [6.07, 6.45) is 0. The van der Waals surface area contributed by atoms with Gasteiger partial charge in [0.15, 0.2) is 0 Å². The second kappa shape index (κ2) is 13.4. The topological polar surface area (TPSA) is 24.9 Å². The van der Waals surface area contributed by atoms with E-state index in [1.165, 1.54) is 22.3 Å². The molecule has 2 rings (SSSR count). The molecule has 0 radical (unpaired) electrons. The van der Waals surface area contributed by atoms with E-state index in [9.17, 15) is 0 Å². The predicted molar refractivity (Wildman–Crippen MR) is 158 cm³/mol. The molecule has 0 amide bonds. The zero-order chi connectivity index (χ0) is 28.7. The predicted octanol–water partition coefficient (Wildman–Crippen LogP) is 2.39. The number of nitrogens with zero attached hydrogens (tertiary/aromatic N) is 2. The molecule has 2 aromatic carbocycles. The number of rotatable bonds is 6. The van der Waals surface area contributed by atoms with Crippen LogP contribution in [-0.2, 0) is 45.8 Å². The Kier molecular flexibility index (Phi) is 13.1. The molecule has 0 fully saturated rings. The molecule has 4 nitrogen and oxygen atoms in total. The first-order valence-corrected chi connectivity index (χ1v) is 15.4. The van der Waals surface area contributed by atoms with Crippen LogP contribution in [0, 0.1) is 0 Å². The van der Waals surface area contributed by atoms with Gasteiger partial charge in [0, 0.05) is 0 Å². The fourth-order valence-corrected chi connectivity index (χ4v) is 5.76. The largest absolute Gasteiger partial charge is 1.00 e. The van der Waals surface area contributed by atoms with Gasteiger partial charge in [-0.3, -0.25) is 0 Å². The summed E-state index contributed by atoms with van der Waals surface area (Å²) in [7, 11) is 8.39. The number of anilines is 2. The fourth-order valence-electron chi connectivity index (χ4n) is 4.19. The minimum absolute atomic E-state index is 0. The summed E-state index contributed by atoms with van der Waals surface area (Å²) in [5.74, 6) is 1.93. The second-order valence-electron chi connectivity index (χ2n) is 14.8. The molecule has 0 aromatic heterocycles. The van der Waals surface area contributed by atoms with Crippen LogP contribution in [0.2, 0.25) is 0 Å². The maximum Gasteiger partial charge on any atom is -1.00 e. The Morgan fingerprint density at radius 3 is 0.974 bits per heavy atom. The molecule has 0 aliphatic rings. The summed E-state index contributed by atoms with van der Waals surface area (Å²) in [6, 6.07) is 9.25. The van der Waals surface area contributed by atoms with E-state index in [0.717, 1.165) is 22.9 Å². The molecule has 0 aliphatic heterocycles. The average molecular weight is 659 g/mol. The molecule has 0 atom stereocenters. The van der Waals surface area contributed by atoms with E-state index in [1.807, 2.05) is 0 Å². The second-order valence-corrected chi connectivity index (χ2v) is 16.2. The molecule has 0 saturated heterocycles. The van der Waals surface area contributed by atoms with Gasteiger partial charge in [0.25, 0.3) is 0 Å². The van der Waals surface area contributed by atoms with Gasteiger partial charge in [-0.15, -0.1) is 0 Å². The molecule has 39 heavy (non-hydrogen) atoms. The Labute approximate surface area is 265 Å². The van der Waals surface area contributed by atoms with Crippen LogP contribution in [0.1, 0.15) is 105 Å². The Morgan fingerprint density at radius 2 is 0.769 bits per heavy atom. The fraction of sp³-hybridized carbons (Fsp3) is 0.625. The summed E-state index contributed by atoms with van der Waals surface area (Å²) >= 11 is -1.74. The average Bonchev–Trinajstić information content (AvgIpc) is 2.69. The van der Waals surface area contributed by atoms with Crippen molar-refractivity contribution in [2.24, 2.45) is 0 Å². The van der Waals surface area contributed by atoms with Crippen molar-refractivity contribution in [3.8, 4) is 11.5 Å². The summed E-state index contributed by atoms with van der Waals surface area (Å²) in [5.41, 5.74) is 7.35. The summed E-state index contributed by atoms with van der Waals surface area (Å²) in [6.45, 7) is 27.2. The summed E-state index contributed by atoms with van der Waals surface area (Å²) in [4.78, 5) is 4.34. The maximum absolute atomic E-state index is 6.72. The van der Waals surface area contributed by atoms with Crippen LogP contribution in [0.15, 0.2) is 24.3 Å². The Bertz CT molecular complexity index is 1020. The SMILES string of the molecule is CN(C)c1cc(C(C)(C)C)cc(C(C)(C)C)c1[O][Zr+2][O]c1c(N(C)C)cc(C(C)(C)C)cc1C(C)(C)C.[Cl-].[Cl-]. The number of hydrogen-bond acceptors (Lipinski definition) is 4. The first-order valence-electron chi connectivity index (χ1n) is 13.4. The van der Waals surface area contributed by atoms with E-state index >= 15 is 0 Å². The van der Waals surface area contributed by atoms with Crippen molar-refractivity contribution in [1.29, 1.82) is 0 Å². The third-order valence-electron chi connectivity index (χ3n) is 6.74. The third kappa shape index (κ3) is 9.57. The molecule has 7 heteroatoms. The molecule has 0 spiro atoms. The zero-order valence-electron chi connectivity index (χ0n) is 27.3. The van der Waals surface area contributed by atoms with Gasteiger partial charge >= 0.3 is 242 Å². The van der Waals surface area contributed by atoms with E-state index in [1.54, 1.807) is 0 Å². The van der Waals surface area contributed by atoms with Crippen molar-refractivity contribution < 1.29 is 54.6 Å². The Morgan fingerprint density at radius 1 is 0.487 bits per heavy atom. The van der Waals surface area contributed by atoms with Gasteiger partial charge < -0.3 is 24.8 Å². The molecule has 0 N–H and O–H groups in total. The van der Waals surface area contributed by atoms with Crippen LogP contribution >= 0.6 is 0 Å². The van der Waals surface area contributed by atoms with Crippen LogP contribution in [0.25, 0.3) is 0 Å². The number of benzene rings is 2. The van der Waals surface area contributed by atoms with Crippen LogP contribution < -0.4 is 40.2 Å². The molecular formula is C32H52Cl2N2O2Zr. The third-order valence-corrected chi connectivity index (χ3v) is 8.15. The van der Waals surface area contributed by atoms with Crippen molar-refractivity contribution in [3.63, 3.8) is 0 Å². The van der Waals surface area contributed by atoms with Crippen LogP contribution in [0.5, 0.6) is 11.5 Å². The summed E-state index contributed by atoms with van der Waals surface area (Å²) < 4.78 is 13.4. The number of hydrogen-bond donors (Lipinski definition) is 0. The van der Waals surface area contributed by atoms with Gasteiger partial charge in [-0.2, -0.15) is 0 Å². The van der Waals surface area contributed by atoms with Crippen LogP contribution in [-0.4, -0.2) is 28.2 Å². The van der Waals surface area contributed by atoms with Crippen molar-refractivity contribution in [3.05, 3.63) is 46.5 Å². The minimum atomic E-state index is -1.74. The molecular weight excluding hydrogens is 606 g/mol.